The Hall–Kier alpha value is -1.78. The number of aldehydes is 1. The lowest BCUT2D eigenvalue weighted by Gasteiger charge is -2.04. The molecule has 25 heavy (non-hydrogen) atoms. The Balaban J connectivity index is 0.000000383. The second kappa shape index (κ2) is 13.5. The van der Waals surface area contributed by atoms with Crippen LogP contribution in [0, 0.1) is 5.82 Å². The molecular formula is C15H19BrF2N4O2S. The highest BCUT2D eigenvalue weighted by Crippen LogP contribution is 2.13. The summed E-state index contributed by atoms with van der Waals surface area (Å²) >= 11 is 3.21. The summed E-state index contributed by atoms with van der Waals surface area (Å²) in [6.45, 7) is 1.97. The number of rotatable bonds is 5. The summed E-state index contributed by atoms with van der Waals surface area (Å²) in [5, 5.41) is 5.26. The van der Waals surface area contributed by atoms with Crippen molar-refractivity contribution in [3.05, 3.63) is 52.3 Å². The van der Waals surface area contributed by atoms with E-state index in [0.29, 0.717) is 17.2 Å². The molecule has 0 aliphatic rings. The molecular weight excluding hydrogens is 418 g/mol. The molecule has 0 bridgehead atoms. The van der Waals surface area contributed by atoms with Gasteiger partial charge in [0, 0.05) is 23.8 Å². The van der Waals surface area contributed by atoms with Gasteiger partial charge in [-0.3, -0.25) is 13.6 Å². The van der Waals surface area contributed by atoms with Crippen molar-refractivity contribution >= 4 is 41.0 Å². The van der Waals surface area contributed by atoms with Crippen LogP contribution in [0.3, 0.4) is 0 Å². The number of nitrogens with zero attached hydrogens (tertiary/aromatic N) is 2. The van der Waals surface area contributed by atoms with Crippen molar-refractivity contribution in [2.24, 2.45) is 0 Å². The molecule has 0 aliphatic heterocycles. The van der Waals surface area contributed by atoms with Crippen LogP contribution in [0.1, 0.15) is 29.0 Å². The predicted octanol–water partition coefficient (Wildman–Crippen LogP) is 3.31. The van der Waals surface area contributed by atoms with E-state index in [-0.39, 0.29) is 23.9 Å². The second-order valence-corrected chi connectivity index (χ2v) is 5.90. The molecule has 2 rings (SSSR count). The van der Waals surface area contributed by atoms with Gasteiger partial charge in [-0.1, -0.05) is 15.9 Å². The van der Waals surface area contributed by atoms with E-state index < -0.39 is 5.82 Å². The minimum Gasteiger partial charge on any atom is -0.362 e. The third-order valence-corrected chi connectivity index (χ3v) is 3.60. The molecule has 1 aromatic heterocycles. The summed E-state index contributed by atoms with van der Waals surface area (Å²) in [7, 11) is 3.40. The van der Waals surface area contributed by atoms with Crippen LogP contribution >= 0.6 is 28.3 Å². The number of carbonyl (C=O) groups is 2. The van der Waals surface area contributed by atoms with Crippen LogP contribution in [0.15, 0.2) is 35.2 Å². The van der Waals surface area contributed by atoms with Crippen molar-refractivity contribution in [1.82, 2.24) is 19.6 Å². The first-order chi connectivity index (χ1) is 11.9. The van der Waals surface area contributed by atoms with E-state index in [4.69, 9.17) is 4.79 Å². The van der Waals surface area contributed by atoms with Gasteiger partial charge in [-0.15, -0.1) is 3.89 Å². The summed E-state index contributed by atoms with van der Waals surface area (Å²) in [6.07, 6.45) is 4.22. The average Bonchev–Trinajstić information content (AvgIpc) is 3.11. The van der Waals surface area contributed by atoms with Gasteiger partial charge in [-0.25, -0.2) is 9.37 Å². The summed E-state index contributed by atoms with van der Waals surface area (Å²) in [5.41, 5.74) is 0.931. The van der Waals surface area contributed by atoms with Gasteiger partial charge in [-0.05, 0) is 32.2 Å². The third-order valence-electron chi connectivity index (χ3n) is 2.74. The molecule has 0 aliphatic carbocycles. The van der Waals surface area contributed by atoms with Gasteiger partial charge in [0.2, 0.25) is 6.41 Å². The zero-order valence-electron chi connectivity index (χ0n) is 13.9. The van der Waals surface area contributed by atoms with Crippen LogP contribution in [-0.2, 0) is 4.79 Å². The molecule has 1 amide bonds. The molecule has 0 saturated carbocycles. The Bertz CT molecular complexity index is 658. The highest BCUT2D eigenvalue weighted by molar-refractivity contribution is 9.10. The first-order valence-corrected chi connectivity index (χ1v) is 8.41. The van der Waals surface area contributed by atoms with Gasteiger partial charge >= 0.3 is 0 Å². The molecule has 10 heteroatoms. The summed E-state index contributed by atoms with van der Waals surface area (Å²) in [4.78, 5) is 23.1. The normalized spacial score (nSPS) is 10.5. The number of carbonyl (C=O) groups excluding carboxylic acids is 2. The Morgan fingerprint density at radius 3 is 2.40 bits per heavy atom. The van der Waals surface area contributed by atoms with Crippen LogP contribution in [0.25, 0.3) is 0 Å². The van der Waals surface area contributed by atoms with Gasteiger partial charge in [-0.2, -0.15) is 0 Å². The first kappa shape index (κ1) is 23.2. The van der Waals surface area contributed by atoms with Gasteiger partial charge in [0.1, 0.15) is 12.1 Å². The number of nitrogens with one attached hydrogen (secondary N) is 2. The predicted molar refractivity (Wildman–Crippen MR) is 98.4 cm³/mol. The standard InChI is InChI=1S/C7H4BrFO.C6H10FN3S.C2H5NO/c8-6-2-1-5(4-10)7(9)3-6;1-5(8-2)6-3-10(11-7)4-9-6;1-3-2-4/h1-4H;3-5,8H,1-2H3;2H,1H3,(H,3,4). The zero-order valence-corrected chi connectivity index (χ0v) is 16.3. The second-order valence-electron chi connectivity index (χ2n) is 4.43. The summed E-state index contributed by atoms with van der Waals surface area (Å²) < 4.78 is 26.5. The molecule has 1 unspecified atom stereocenters. The van der Waals surface area contributed by atoms with E-state index in [1.165, 1.54) is 22.4 Å². The van der Waals surface area contributed by atoms with Crippen LogP contribution in [0.4, 0.5) is 8.28 Å². The quantitative estimate of drug-likeness (QED) is 0.703. The molecule has 0 fully saturated rings. The molecule has 1 aromatic carbocycles. The first-order valence-electron chi connectivity index (χ1n) is 6.94. The number of aromatic nitrogens is 2. The molecule has 0 spiro atoms. The minimum absolute atomic E-state index is 0.0863. The van der Waals surface area contributed by atoms with Gasteiger partial charge in [0.25, 0.3) is 0 Å². The van der Waals surface area contributed by atoms with E-state index in [1.807, 2.05) is 14.0 Å². The fourth-order valence-corrected chi connectivity index (χ4v) is 1.89. The largest absolute Gasteiger partial charge is 0.362 e. The van der Waals surface area contributed by atoms with Crippen LogP contribution in [0.5, 0.6) is 0 Å². The van der Waals surface area contributed by atoms with Crippen LogP contribution in [-0.4, -0.2) is 35.7 Å². The Morgan fingerprint density at radius 1 is 1.36 bits per heavy atom. The SMILES string of the molecule is CNC(C)c1cn(SF)cn1.CNC=O.O=Cc1ccc(Br)cc1F. The smallest absolute Gasteiger partial charge is 0.206 e. The van der Waals surface area contributed by atoms with E-state index in [0.717, 1.165) is 5.69 Å². The lowest BCUT2D eigenvalue weighted by Crippen LogP contribution is -2.12. The molecule has 138 valence electrons. The maximum atomic E-state index is 12.6. The molecule has 0 radical (unpaired) electrons. The van der Waals surface area contributed by atoms with Crippen molar-refractivity contribution in [3.8, 4) is 0 Å². The molecule has 6 nitrogen and oxygen atoms in total. The number of benzene rings is 1. The highest BCUT2D eigenvalue weighted by atomic mass is 79.9. The van der Waals surface area contributed by atoms with Gasteiger partial charge in [0.15, 0.2) is 18.6 Å². The van der Waals surface area contributed by atoms with Crippen molar-refractivity contribution in [1.29, 1.82) is 0 Å². The topological polar surface area (TPSA) is 76.0 Å². The average molecular weight is 437 g/mol. The summed E-state index contributed by atoms with van der Waals surface area (Å²) in [5.74, 6) is -0.496. The highest BCUT2D eigenvalue weighted by Gasteiger charge is 2.05. The van der Waals surface area contributed by atoms with Crippen molar-refractivity contribution < 1.29 is 17.9 Å². The number of hydrogen-bond acceptors (Lipinski definition) is 5. The molecule has 2 aromatic rings. The lowest BCUT2D eigenvalue weighted by atomic mass is 10.2. The van der Waals surface area contributed by atoms with Gasteiger partial charge < -0.3 is 10.6 Å². The Kier molecular flexibility index (Phi) is 12.5. The lowest BCUT2D eigenvalue weighted by molar-refractivity contribution is -0.109. The Morgan fingerprint density at radius 2 is 2.00 bits per heavy atom. The van der Waals surface area contributed by atoms with E-state index in [2.05, 4.69) is 31.5 Å². The number of amides is 1. The molecule has 1 heterocycles. The van der Waals surface area contributed by atoms with Crippen LogP contribution < -0.4 is 10.6 Å². The number of imidazole rings is 1. The number of hydrogen-bond donors (Lipinski definition) is 2. The summed E-state index contributed by atoms with van der Waals surface area (Å²) in [6, 6.07) is 4.46. The fourth-order valence-electron chi connectivity index (χ4n) is 1.33. The minimum atomic E-state index is -0.496. The van der Waals surface area contributed by atoms with Gasteiger partial charge in [0.05, 0.1) is 11.3 Å². The van der Waals surface area contributed by atoms with Crippen molar-refractivity contribution in [2.75, 3.05) is 14.1 Å². The van der Waals surface area contributed by atoms with Crippen molar-refractivity contribution in [2.45, 2.75) is 13.0 Å². The van der Waals surface area contributed by atoms with E-state index >= 15 is 0 Å². The van der Waals surface area contributed by atoms with Crippen LogP contribution in [0.2, 0.25) is 0 Å². The number of halogens is 3. The van der Waals surface area contributed by atoms with Crippen molar-refractivity contribution in [3.63, 3.8) is 0 Å². The molecule has 1 atom stereocenters. The van der Waals surface area contributed by atoms with E-state index in [1.54, 1.807) is 19.3 Å². The fraction of sp³-hybridized carbons (Fsp3) is 0.267. The molecule has 0 saturated heterocycles. The Labute approximate surface area is 158 Å². The maximum Gasteiger partial charge on any atom is 0.206 e. The monoisotopic (exact) mass is 436 g/mol. The maximum absolute atomic E-state index is 12.6. The zero-order chi connectivity index (χ0) is 19.2. The third kappa shape index (κ3) is 9.32. The van der Waals surface area contributed by atoms with E-state index in [9.17, 15) is 13.1 Å². The molecule has 2 N–H and O–H groups in total.